The minimum Gasteiger partial charge on any atom is -0.317 e. The molecule has 1 unspecified atom stereocenters. The highest BCUT2D eigenvalue weighted by atomic mass is 16.1. The lowest BCUT2D eigenvalue weighted by atomic mass is 9.80. The summed E-state index contributed by atoms with van der Waals surface area (Å²) < 4.78 is 2.14. The molecule has 0 saturated carbocycles. The highest BCUT2D eigenvalue weighted by molar-refractivity contribution is 5.87. The van der Waals surface area contributed by atoms with Crippen molar-refractivity contribution >= 4 is 16.8 Å². The second kappa shape index (κ2) is 9.49. The van der Waals surface area contributed by atoms with E-state index in [0.29, 0.717) is 0 Å². The van der Waals surface area contributed by atoms with Crippen LogP contribution in [0.5, 0.6) is 0 Å². The first-order chi connectivity index (χ1) is 16.6. The van der Waals surface area contributed by atoms with Crippen LogP contribution in [0.1, 0.15) is 42.8 Å². The van der Waals surface area contributed by atoms with E-state index >= 15 is 0 Å². The molecule has 1 fully saturated rings. The minimum absolute atomic E-state index is 0.0930. The van der Waals surface area contributed by atoms with Gasteiger partial charge in [-0.15, -0.1) is 0 Å². The van der Waals surface area contributed by atoms with Gasteiger partial charge in [0.15, 0.2) is 11.4 Å². The number of pyridine rings is 1. The second-order valence-corrected chi connectivity index (χ2v) is 9.10. The van der Waals surface area contributed by atoms with Crippen LogP contribution < -0.4 is 10.6 Å². The Morgan fingerprint density at radius 2 is 1.65 bits per heavy atom. The van der Waals surface area contributed by atoms with Crippen LogP contribution in [0.25, 0.3) is 11.0 Å². The number of fused-ring (bicyclic) bond motifs is 1. The summed E-state index contributed by atoms with van der Waals surface area (Å²) in [7, 11) is 0. The van der Waals surface area contributed by atoms with Crippen LogP contribution in [0, 0.1) is 12.8 Å². The van der Waals surface area contributed by atoms with Crippen molar-refractivity contribution in [3.8, 4) is 0 Å². The lowest BCUT2D eigenvalue weighted by Gasteiger charge is -2.46. The first kappa shape index (κ1) is 22.4. The average Bonchev–Trinajstić information content (AvgIpc) is 3.22. The molecule has 3 heterocycles. The molecular formula is C28H31N5O. The fraction of sp³-hybridized carbons (Fsp3) is 0.321. The van der Waals surface area contributed by atoms with E-state index in [2.05, 4.69) is 68.7 Å². The molecule has 6 heteroatoms. The van der Waals surface area contributed by atoms with Crippen molar-refractivity contribution in [1.29, 1.82) is 0 Å². The summed E-state index contributed by atoms with van der Waals surface area (Å²) in [6.45, 7) is 5.47. The number of hydrogen-bond donors (Lipinski definition) is 2. The van der Waals surface area contributed by atoms with Gasteiger partial charge in [-0.3, -0.25) is 15.1 Å². The number of benzene rings is 2. The van der Waals surface area contributed by atoms with E-state index in [1.54, 1.807) is 19.3 Å². The third-order valence-electron chi connectivity index (χ3n) is 7.07. The summed E-state index contributed by atoms with van der Waals surface area (Å²) in [5.74, 6) is 1.00. The molecule has 0 aliphatic carbocycles. The van der Waals surface area contributed by atoms with Crippen LogP contribution >= 0.6 is 0 Å². The van der Waals surface area contributed by atoms with Crippen LogP contribution in [0.2, 0.25) is 0 Å². The number of piperidine rings is 1. The molecule has 0 radical (unpaired) electrons. The molecule has 2 aromatic heterocycles. The van der Waals surface area contributed by atoms with Crippen LogP contribution in [0.4, 0.5) is 0 Å². The maximum Gasteiger partial charge on any atom is 0.170 e. The maximum absolute atomic E-state index is 13.9. The van der Waals surface area contributed by atoms with Crippen molar-refractivity contribution in [3.63, 3.8) is 0 Å². The molecule has 1 saturated heterocycles. The minimum atomic E-state index is -0.960. The molecule has 174 valence electrons. The fourth-order valence-corrected chi connectivity index (χ4v) is 5.52. The number of carbonyl (C=O) groups is 1. The van der Waals surface area contributed by atoms with Gasteiger partial charge in [-0.1, -0.05) is 60.7 Å². The van der Waals surface area contributed by atoms with Crippen LogP contribution in [-0.4, -0.2) is 33.4 Å². The quantitative estimate of drug-likeness (QED) is 0.435. The van der Waals surface area contributed by atoms with E-state index in [9.17, 15) is 4.79 Å². The molecular weight excluding hydrogens is 422 g/mol. The molecule has 6 nitrogen and oxygen atoms in total. The fourth-order valence-electron chi connectivity index (χ4n) is 5.52. The first-order valence-electron chi connectivity index (χ1n) is 12.0. The van der Waals surface area contributed by atoms with Gasteiger partial charge in [0.2, 0.25) is 0 Å². The van der Waals surface area contributed by atoms with Crippen molar-refractivity contribution in [2.75, 3.05) is 13.1 Å². The van der Waals surface area contributed by atoms with Crippen LogP contribution in [0.15, 0.2) is 79.1 Å². The third kappa shape index (κ3) is 3.93. The number of nitrogens with one attached hydrogen (secondary N) is 2. The number of aromatic nitrogens is 3. The van der Waals surface area contributed by atoms with Gasteiger partial charge in [0.1, 0.15) is 11.3 Å². The predicted octanol–water partition coefficient (Wildman–Crippen LogP) is 4.36. The van der Waals surface area contributed by atoms with E-state index in [0.717, 1.165) is 53.9 Å². The molecule has 2 N–H and O–H groups in total. The number of nitrogens with zero attached hydrogens (tertiary/aromatic N) is 3. The zero-order valence-corrected chi connectivity index (χ0v) is 19.7. The average molecular weight is 454 g/mol. The van der Waals surface area contributed by atoms with Gasteiger partial charge < -0.3 is 9.88 Å². The standard InChI is InChI=1S/C28H31N5O/c1-20(34)28(24-13-16-29-17-14-24,33-21(2)31-25-19-30-18-15-26(25)33)32-27(22-9-5-3-6-10-22)23-11-7-4-8-12-23/h3-12,15,18-19,24,27,29,32H,13-14,16-17H2,1-2H3. The van der Waals surface area contributed by atoms with Gasteiger partial charge in [0.05, 0.1) is 17.8 Å². The van der Waals surface area contributed by atoms with Gasteiger partial charge >= 0.3 is 0 Å². The lowest BCUT2D eigenvalue weighted by Crippen LogP contribution is -2.61. The summed E-state index contributed by atoms with van der Waals surface area (Å²) in [5.41, 5.74) is 3.01. The van der Waals surface area contributed by atoms with Gasteiger partial charge in [-0.2, -0.15) is 0 Å². The topological polar surface area (TPSA) is 71.8 Å². The molecule has 4 aromatic rings. The van der Waals surface area contributed by atoms with Gasteiger partial charge in [0.25, 0.3) is 0 Å². The van der Waals surface area contributed by atoms with E-state index in [1.807, 2.05) is 25.1 Å². The zero-order valence-electron chi connectivity index (χ0n) is 19.7. The van der Waals surface area contributed by atoms with Crippen molar-refractivity contribution in [2.45, 2.75) is 38.4 Å². The molecule has 0 bridgehead atoms. The molecule has 0 spiro atoms. The monoisotopic (exact) mass is 453 g/mol. The van der Waals surface area contributed by atoms with E-state index in [-0.39, 0.29) is 17.7 Å². The molecule has 2 aromatic carbocycles. The van der Waals surface area contributed by atoms with Gasteiger partial charge in [-0.25, -0.2) is 4.98 Å². The number of hydrogen-bond acceptors (Lipinski definition) is 5. The van der Waals surface area contributed by atoms with Crippen molar-refractivity contribution in [3.05, 3.63) is 96.1 Å². The highest BCUT2D eigenvalue weighted by Crippen LogP contribution is 2.39. The van der Waals surface area contributed by atoms with E-state index < -0.39 is 5.66 Å². The second-order valence-electron chi connectivity index (χ2n) is 9.10. The number of carbonyl (C=O) groups excluding carboxylic acids is 1. The normalized spacial score (nSPS) is 16.6. The molecule has 1 atom stereocenters. The summed E-state index contributed by atoms with van der Waals surface area (Å²) in [6.07, 6.45) is 5.34. The number of rotatable bonds is 7. The lowest BCUT2D eigenvalue weighted by molar-refractivity contribution is -0.132. The van der Waals surface area contributed by atoms with Crippen LogP contribution in [-0.2, 0) is 10.5 Å². The van der Waals surface area contributed by atoms with E-state index in [1.165, 1.54) is 0 Å². The Balaban J connectivity index is 1.75. The molecule has 34 heavy (non-hydrogen) atoms. The Morgan fingerprint density at radius 1 is 1.03 bits per heavy atom. The number of ketones is 1. The number of imidazole rings is 1. The summed E-state index contributed by atoms with van der Waals surface area (Å²) in [6, 6.07) is 22.6. The van der Waals surface area contributed by atoms with E-state index in [4.69, 9.17) is 4.98 Å². The Labute approximate surface area is 200 Å². The smallest absolute Gasteiger partial charge is 0.170 e. The largest absolute Gasteiger partial charge is 0.317 e. The summed E-state index contributed by atoms with van der Waals surface area (Å²) in [4.78, 5) is 23.0. The van der Waals surface area contributed by atoms with Gasteiger partial charge in [0, 0.05) is 12.1 Å². The van der Waals surface area contributed by atoms with Crippen LogP contribution in [0.3, 0.4) is 0 Å². The summed E-state index contributed by atoms with van der Waals surface area (Å²) in [5, 5.41) is 7.40. The summed E-state index contributed by atoms with van der Waals surface area (Å²) >= 11 is 0. The van der Waals surface area contributed by atoms with Gasteiger partial charge in [-0.05, 0) is 57.0 Å². The Morgan fingerprint density at radius 3 is 2.24 bits per heavy atom. The Kier molecular flexibility index (Phi) is 6.26. The molecule has 0 amide bonds. The number of aryl methyl sites for hydroxylation is 1. The van der Waals surface area contributed by atoms with Crippen molar-refractivity contribution in [1.82, 2.24) is 25.2 Å². The maximum atomic E-state index is 13.9. The Hall–Kier alpha value is -3.35. The molecule has 5 rings (SSSR count). The predicted molar refractivity (Wildman–Crippen MR) is 134 cm³/mol. The Bertz CT molecular complexity index is 1220. The first-order valence-corrected chi connectivity index (χ1v) is 12.0. The third-order valence-corrected chi connectivity index (χ3v) is 7.07. The number of Topliss-reactive ketones (excluding diaryl/α,β-unsaturated/α-hetero) is 1. The SMILES string of the molecule is CC(=O)C(NC(c1ccccc1)c1ccccc1)(C1CCNCC1)n1c(C)nc2cnccc21. The zero-order chi connectivity index (χ0) is 23.5. The highest BCUT2D eigenvalue weighted by Gasteiger charge is 2.48. The van der Waals surface area contributed by atoms with Crippen molar-refractivity contribution < 1.29 is 4.79 Å². The van der Waals surface area contributed by atoms with Crippen molar-refractivity contribution in [2.24, 2.45) is 5.92 Å². The molecule has 1 aliphatic heterocycles. The molecule has 1 aliphatic rings.